The maximum atomic E-state index is 9.40. The average Bonchev–Trinajstić information content (AvgIpc) is 2.70. The summed E-state index contributed by atoms with van der Waals surface area (Å²) in [4.78, 5) is 6.01. The van der Waals surface area contributed by atoms with E-state index in [9.17, 15) is 5.26 Å². The Kier molecular flexibility index (Phi) is 5.77. The van der Waals surface area contributed by atoms with Gasteiger partial charge in [0, 0.05) is 24.2 Å². The van der Waals surface area contributed by atoms with Crippen LogP contribution in [0.25, 0.3) is 10.9 Å². The van der Waals surface area contributed by atoms with E-state index in [4.69, 9.17) is 11.3 Å². The summed E-state index contributed by atoms with van der Waals surface area (Å²) in [5.74, 6) is 1.40. The van der Waals surface area contributed by atoms with E-state index in [1.165, 1.54) is 16.8 Å². The Morgan fingerprint density at radius 2 is 1.65 bits per heavy atom. The zero-order valence-corrected chi connectivity index (χ0v) is 21.5. The molecule has 3 aliphatic rings. The second-order valence-electron chi connectivity index (χ2n) is 12.5. The topological polar surface area (TPSA) is 40.6 Å². The molecule has 0 saturated heterocycles. The second kappa shape index (κ2) is 8.21. The van der Waals surface area contributed by atoms with Gasteiger partial charge in [0.2, 0.25) is 0 Å². The summed E-state index contributed by atoms with van der Waals surface area (Å²) < 4.78 is 6.19. The van der Waals surface area contributed by atoms with Gasteiger partial charge in [-0.1, -0.05) is 54.5 Å². The third-order valence-corrected chi connectivity index (χ3v) is 6.66. The van der Waals surface area contributed by atoms with E-state index in [1.54, 1.807) is 6.08 Å². The van der Waals surface area contributed by atoms with Crippen molar-refractivity contribution in [2.75, 3.05) is 18.0 Å². The third kappa shape index (κ3) is 4.83. The molecule has 3 aliphatic heterocycles. The minimum absolute atomic E-state index is 0.0821. The highest BCUT2D eigenvalue weighted by Crippen LogP contribution is 2.45. The van der Waals surface area contributed by atoms with E-state index < -0.39 is 0 Å². The van der Waals surface area contributed by atoms with Gasteiger partial charge in [-0.05, 0) is 76.3 Å². The van der Waals surface area contributed by atoms with Gasteiger partial charge in [-0.25, -0.2) is 10.1 Å². The Morgan fingerprint density at radius 3 is 2.15 bits per heavy atom. The van der Waals surface area contributed by atoms with Crippen LogP contribution in [-0.4, -0.2) is 13.1 Å². The fourth-order valence-corrected chi connectivity index (χ4v) is 5.39. The first-order valence-electron chi connectivity index (χ1n) is 12.0. The number of hydrogen-bond donors (Lipinski definition) is 0. The fraction of sp³-hybridized carbons (Fsp3) is 0.467. The van der Waals surface area contributed by atoms with Crippen LogP contribution in [0.4, 0.5) is 5.69 Å². The van der Waals surface area contributed by atoms with Crippen LogP contribution in [0.15, 0.2) is 53.1 Å². The van der Waals surface area contributed by atoms with Crippen molar-refractivity contribution in [3.63, 3.8) is 0 Å². The molecular weight excluding hydrogens is 418 g/mol. The van der Waals surface area contributed by atoms with Crippen molar-refractivity contribution in [2.24, 2.45) is 16.2 Å². The summed E-state index contributed by atoms with van der Waals surface area (Å²) in [6, 6.07) is 6.66. The van der Waals surface area contributed by atoms with Crippen LogP contribution in [0.2, 0.25) is 0 Å². The lowest BCUT2D eigenvalue weighted by Crippen LogP contribution is -2.48. The van der Waals surface area contributed by atoms with E-state index >= 15 is 0 Å². The molecule has 0 fully saturated rings. The molecule has 4 heteroatoms. The van der Waals surface area contributed by atoms with E-state index in [2.05, 4.69) is 76.4 Å². The molecule has 0 aliphatic carbocycles. The van der Waals surface area contributed by atoms with Crippen molar-refractivity contribution >= 4 is 11.8 Å². The van der Waals surface area contributed by atoms with Crippen LogP contribution >= 0.6 is 0 Å². The molecule has 4 rings (SSSR count). The number of nitrogens with zero attached hydrogens (tertiary/aromatic N) is 3. The maximum Gasteiger partial charge on any atom is 0.269 e. The summed E-state index contributed by atoms with van der Waals surface area (Å²) in [7, 11) is 0. The minimum Gasteiger partial charge on any atom is -0.461 e. The van der Waals surface area contributed by atoms with Gasteiger partial charge in [0.1, 0.15) is 11.5 Å². The number of hydrogen-bond acceptors (Lipinski definition) is 3. The van der Waals surface area contributed by atoms with Crippen molar-refractivity contribution in [3.05, 3.63) is 81.3 Å². The number of anilines is 1. The highest BCUT2D eigenvalue weighted by atomic mass is 16.5. The second-order valence-corrected chi connectivity index (χ2v) is 12.5. The molecule has 3 heterocycles. The number of rotatable bonds is 2. The molecule has 0 bridgehead atoms. The van der Waals surface area contributed by atoms with Gasteiger partial charge in [-0.2, -0.15) is 0 Å². The Morgan fingerprint density at radius 1 is 1.06 bits per heavy atom. The highest BCUT2D eigenvalue weighted by molar-refractivity contribution is 5.69. The van der Waals surface area contributed by atoms with E-state index in [-0.39, 0.29) is 21.9 Å². The van der Waals surface area contributed by atoms with Crippen molar-refractivity contribution < 1.29 is 4.74 Å². The molecule has 0 aromatic heterocycles. The van der Waals surface area contributed by atoms with Gasteiger partial charge in [-0.3, -0.25) is 0 Å². The van der Waals surface area contributed by atoms with Crippen LogP contribution in [0.1, 0.15) is 65.2 Å². The standard InChI is InChI=1S/C30H35N3O/c1-28(2,3)26-14-21(25(17-31)32-8)13-24(34-26)10-9-20-11-22-15-29(4,5)18-33-19-30(6,7)16-23(12-20)27(22)33/h9-14H,15-16,18-19H2,1-7H3. The summed E-state index contributed by atoms with van der Waals surface area (Å²) in [6.07, 6.45) is 9.82. The zero-order chi connectivity index (χ0) is 24.9. The predicted molar refractivity (Wildman–Crippen MR) is 139 cm³/mol. The zero-order valence-electron chi connectivity index (χ0n) is 21.5. The molecule has 0 N–H and O–H groups in total. The lowest BCUT2D eigenvalue weighted by Gasteiger charge is -2.48. The van der Waals surface area contributed by atoms with Gasteiger partial charge in [0.05, 0.1) is 12.6 Å². The van der Waals surface area contributed by atoms with E-state index in [0.717, 1.165) is 37.3 Å². The van der Waals surface area contributed by atoms with E-state index in [1.807, 2.05) is 18.2 Å². The normalized spacial score (nSPS) is 22.1. The quantitative estimate of drug-likeness (QED) is 0.351. The fourth-order valence-electron chi connectivity index (χ4n) is 5.39. The van der Waals surface area contributed by atoms with Crippen LogP contribution in [0, 0.1) is 34.1 Å². The first-order chi connectivity index (χ1) is 15.8. The SMILES string of the molecule is [C-]#[N+]C(C#N)=C1C=C(C=Cc2cc3c4c(c2)CC(C)(C)CN4CC(C)(C)C3)OC(C(C)(C)C)=C1. The van der Waals surface area contributed by atoms with Gasteiger partial charge in [0.25, 0.3) is 5.70 Å². The maximum absolute atomic E-state index is 9.40. The molecule has 176 valence electrons. The number of ether oxygens (including phenoxy) is 1. The van der Waals surface area contributed by atoms with Crippen molar-refractivity contribution in [1.82, 2.24) is 0 Å². The van der Waals surface area contributed by atoms with Gasteiger partial charge in [-0.15, -0.1) is 0 Å². The van der Waals surface area contributed by atoms with Crippen molar-refractivity contribution in [3.8, 4) is 6.07 Å². The third-order valence-electron chi connectivity index (χ3n) is 6.66. The lowest BCUT2D eigenvalue weighted by atomic mass is 9.73. The largest absolute Gasteiger partial charge is 0.461 e. The van der Waals surface area contributed by atoms with Crippen LogP contribution < -0.4 is 4.90 Å². The van der Waals surface area contributed by atoms with Crippen molar-refractivity contribution in [2.45, 2.75) is 61.3 Å². The Balaban J connectivity index is 1.73. The van der Waals surface area contributed by atoms with Gasteiger partial charge in [0.15, 0.2) is 0 Å². The molecule has 0 amide bonds. The molecule has 0 atom stereocenters. The van der Waals surface area contributed by atoms with E-state index in [0.29, 0.717) is 11.3 Å². The molecule has 0 saturated carbocycles. The van der Waals surface area contributed by atoms with Crippen LogP contribution in [-0.2, 0) is 17.6 Å². The molecule has 4 nitrogen and oxygen atoms in total. The highest BCUT2D eigenvalue weighted by Gasteiger charge is 2.38. The molecule has 34 heavy (non-hydrogen) atoms. The summed E-state index contributed by atoms with van der Waals surface area (Å²) in [5.41, 5.74) is 6.41. The summed E-state index contributed by atoms with van der Waals surface area (Å²) in [5, 5.41) is 9.40. The lowest BCUT2D eigenvalue weighted by molar-refractivity contribution is 0.223. The van der Waals surface area contributed by atoms with Gasteiger partial charge >= 0.3 is 0 Å². The van der Waals surface area contributed by atoms with Crippen LogP contribution in [0.3, 0.4) is 0 Å². The number of benzene rings is 1. The average molecular weight is 454 g/mol. The molecule has 0 spiro atoms. The molecule has 1 aromatic carbocycles. The predicted octanol–water partition coefficient (Wildman–Crippen LogP) is 7.21. The molecule has 0 radical (unpaired) electrons. The molecule has 0 unspecified atom stereocenters. The monoisotopic (exact) mass is 453 g/mol. The Labute approximate surface area is 204 Å². The number of nitriles is 1. The van der Waals surface area contributed by atoms with Gasteiger partial charge < -0.3 is 9.64 Å². The molecule has 1 aromatic rings. The van der Waals surface area contributed by atoms with Crippen molar-refractivity contribution in [1.29, 1.82) is 5.26 Å². The first-order valence-corrected chi connectivity index (χ1v) is 12.0. The first kappa shape index (κ1) is 23.9. The smallest absolute Gasteiger partial charge is 0.269 e. The Bertz CT molecular complexity index is 1180. The minimum atomic E-state index is -0.238. The Hall–Kier alpha value is -3.24. The summed E-state index contributed by atoms with van der Waals surface area (Å²) in [6.45, 7) is 25.2. The van der Waals surface area contributed by atoms with Crippen LogP contribution in [0.5, 0.6) is 0 Å². The summed E-state index contributed by atoms with van der Waals surface area (Å²) >= 11 is 0. The number of allylic oxidation sites excluding steroid dienone is 6. The molecular formula is C30H35N3O.